The molecule has 1 aromatic rings. The monoisotopic (exact) mass is 1050 g/mol. The molecule has 3 aliphatic rings. The van der Waals surface area contributed by atoms with Gasteiger partial charge < -0.3 is 88.1 Å². The van der Waals surface area contributed by atoms with Crippen LogP contribution in [-0.4, -0.2) is 196 Å². The zero-order valence-corrected chi connectivity index (χ0v) is 42.9. The van der Waals surface area contributed by atoms with Gasteiger partial charge in [0.05, 0.1) is 30.8 Å². The number of carbonyl (C=O) groups is 7. The van der Waals surface area contributed by atoms with Gasteiger partial charge in [-0.3, -0.25) is 33.6 Å². The number of nitrogens with one attached hydrogen (secondary N) is 5. The summed E-state index contributed by atoms with van der Waals surface area (Å²) in [6, 6.07) is -5.62. The number of nitrogens with zero attached hydrogens (tertiary/aromatic N) is 2. The first kappa shape index (κ1) is 61.5. The van der Waals surface area contributed by atoms with E-state index in [0.717, 1.165) is 48.3 Å². The van der Waals surface area contributed by atoms with Gasteiger partial charge in [0.2, 0.25) is 41.4 Å². The standard InChI is InChI=1S/C50H82N8O16/c1-5-26(2)20-27(3)12-10-8-6-7-9-11-13-38(66)53-33-22-36(64)46(70)56-48(72)42-34(62)18-19-57(42)50(74)40(35(63)23-37(51)65)55-47(71)41(44(68)43(67)29-14-16-31(60)17-15-29)52-24-30-21-32(61)25-58(30)49(73)39(28(4)59)54-45(33)69/h14-17,26-28,30,32-36,39-44,46,52,59-64,67-68,70H,5-13,18-25H2,1-4H3,(H2,51,65)(H,53,66)(H,54,69)(H,55,71)(H,56,72)/t26-,27+,28+,30-,32+,33-,34-,35+,36+,39-,40-,41-,42-,43-,44-,46+/m0/s1. The summed E-state index contributed by atoms with van der Waals surface area (Å²) in [4.78, 5) is 98.4. The minimum Gasteiger partial charge on any atom is -0.508 e. The number of rotatable bonds is 20. The molecule has 0 spiro atoms. The average Bonchev–Trinajstić information content (AvgIpc) is 3.92. The van der Waals surface area contributed by atoms with Crippen molar-refractivity contribution in [3.8, 4) is 5.75 Å². The first-order chi connectivity index (χ1) is 34.9. The molecular formula is C50H82N8O16. The minimum absolute atomic E-state index is 0.00226. The molecule has 3 heterocycles. The molecule has 0 saturated carbocycles. The zero-order chi connectivity index (χ0) is 55.0. The van der Waals surface area contributed by atoms with Crippen LogP contribution in [-0.2, 0) is 33.6 Å². The molecule has 3 saturated heterocycles. The molecule has 7 amide bonds. The van der Waals surface area contributed by atoms with E-state index in [-0.39, 0.29) is 43.7 Å². The fourth-order valence-electron chi connectivity index (χ4n) is 9.92. The van der Waals surface area contributed by atoms with E-state index in [2.05, 4.69) is 47.4 Å². The van der Waals surface area contributed by atoms with Crippen LogP contribution in [0.5, 0.6) is 5.75 Å². The van der Waals surface area contributed by atoms with Crippen LogP contribution in [0.15, 0.2) is 24.3 Å². The number of amides is 7. The van der Waals surface area contributed by atoms with Crippen molar-refractivity contribution < 1.29 is 79.5 Å². The zero-order valence-electron chi connectivity index (χ0n) is 42.9. The van der Waals surface area contributed by atoms with Crippen LogP contribution in [0.4, 0.5) is 0 Å². The highest BCUT2D eigenvalue weighted by atomic mass is 16.3. The molecule has 3 fully saturated rings. The van der Waals surface area contributed by atoms with Gasteiger partial charge in [0, 0.05) is 38.5 Å². The Hall–Kier alpha value is -5.05. The van der Waals surface area contributed by atoms with Gasteiger partial charge in [-0.15, -0.1) is 0 Å². The topological polar surface area (TPSA) is 394 Å². The van der Waals surface area contributed by atoms with E-state index in [0.29, 0.717) is 24.7 Å². The largest absolute Gasteiger partial charge is 0.508 e. The lowest BCUT2D eigenvalue weighted by Crippen LogP contribution is -2.63. The molecule has 74 heavy (non-hydrogen) atoms. The molecule has 24 nitrogen and oxygen atoms in total. The number of carbonyl (C=O) groups excluding carboxylic acids is 7. The lowest BCUT2D eigenvalue weighted by Gasteiger charge is -2.35. The summed E-state index contributed by atoms with van der Waals surface area (Å²) in [5, 5.41) is 111. The maximum atomic E-state index is 14.4. The minimum atomic E-state index is -2.24. The SMILES string of the molecule is CC[C@H](C)C[C@H](C)CCCCCCCCC(=O)N[C@H]1C[C@@H](O)[C@@H](O)NC(=O)[C@@H]2[C@@H](O)CCN2C(=O)[C@H]([C@H](O)CC(N)=O)NC(=O)[C@H]([C@H](O)[C@@H](O)c2ccc(O)cc2)NC[C@@H]2C[C@@H](O)CN2C(=O)[C@H]([C@@H](C)O)NC1=O. The highest BCUT2D eigenvalue weighted by Gasteiger charge is 2.48. The second-order valence-corrected chi connectivity index (χ2v) is 20.6. The van der Waals surface area contributed by atoms with E-state index < -0.39 is 146 Å². The third-order valence-electron chi connectivity index (χ3n) is 14.4. The van der Waals surface area contributed by atoms with Gasteiger partial charge in [0.1, 0.15) is 54.3 Å². The Labute approximate surface area is 431 Å². The van der Waals surface area contributed by atoms with E-state index in [1.165, 1.54) is 37.6 Å². The summed E-state index contributed by atoms with van der Waals surface area (Å²) in [6.07, 6.45) is -8.41. The molecule has 0 aliphatic carbocycles. The van der Waals surface area contributed by atoms with Crippen LogP contribution in [0.1, 0.15) is 129 Å². The summed E-state index contributed by atoms with van der Waals surface area (Å²) in [6.45, 7) is 6.70. The molecule has 24 heteroatoms. The molecular weight excluding hydrogens is 969 g/mol. The van der Waals surface area contributed by atoms with Crippen molar-refractivity contribution in [1.29, 1.82) is 0 Å². The maximum Gasteiger partial charge on any atom is 0.248 e. The molecule has 16 N–H and O–H groups in total. The molecule has 1 aromatic carbocycles. The van der Waals surface area contributed by atoms with Gasteiger partial charge in [0.25, 0.3) is 0 Å². The third kappa shape index (κ3) is 17.8. The number of fused-ring (bicyclic) bond motifs is 2. The van der Waals surface area contributed by atoms with Crippen LogP contribution in [0, 0.1) is 11.8 Å². The van der Waals surface area contributed by atoms with Crippen LogP contribution < -0.4 is 32.3 Å². The quantitative estimate of drug-likeness (QED) is 0.0584. The number of primary amides is 1. The Kier molecular flexibility index (Phi) is 24.4. The average molecular weight is 1050 g/mol. The van der Waals surface area contributed by atoms with E-state index in [9.17, 15) is 79.5 Å². The van der Waals surface area contributed by atoms with Gasteiger partial charge >= 0.3 is 0 Å². The Bertz CT molecular complexity index is 2020. The molecule has 4 rings (SSSR count). The number of aliphatic hydroxyl groups excluding tert-OH is 8. The summed E-state index contributed by atoms with van der Waals surface area (Å²) in [7, 11) is 0. The number of phenols is 1. The summed E-state index contributed by atoms with van der Waals surface area (Å²) in [5.74, 6) is -6.46. The fraction of sp³-hybridized carbons (Fsp3) is 0.740. The first-order valence-corrected chi connectivity index (χ1v) is 26.0. The molecule has 0 unspecified atom stereocenters. The number of unbranched alkanes of at least 4 members (excludes halogenated alkanes) is 5. The van der Waals surface area contributed by atoms with Gasteiger partial charge in [-0.25, -0.2) is 0 Å². The highest BCUT2D eigenvalue weighted by Crippen LogP contribution is 2.26. The van der Waals surface area contributed by atoms with Gasteiger partial charge in [-0.1, -0.05) is 77.8 Å². The van der Waals surface area contributed by atoms with Gasteiger partial charge in [-0.05, 0) is 62.1 Å². The Balaban J connectivity index is 1.66. The van der Waals surface area contributed by atoms with E-state index in [1.807, 2.05) is 0 Å². The lowest BCUT2D eigenvalue weighted by atomic mass is 9.91. The third-order valence-corrected chi connectivity index (χ3v) is 14.4. The Morgan fingerprint density at radius 3 is 2.01 bits per heavy atom. The van der Waals surface area contributed by atoms with Crippen molar-refractivity contribution in [2.45, 2.75) is 203 Å². The van der Waals surface area contributed by atoms with E-state index >= 15 is 0 Å². The van der Waals surface area contributed by atoms with Crippen molar-refractivity contribution in [2.24, 2.45) is 17.6 Å². The molecule has 418 valence electrons. The number of phenolic OH excluding ortho intramolecular Hbond substituents is 1. The molecule has 16 atom stereocenters. The van der Waals surface area contributed by atoms with Crippen molar-refractivity contribution in [3.05, 3.63) is 29.8 Å². The number of hydrogen-bond donors (Lipinski definition) is 15. The summed E-state index contributed by atoms with van der Waals surface area (Å²) >= 11 is 0. The van der Waals surface area contributed by atoms with E-state index in [4.69, 9.17) is 5.73 Å². The highest BCUT2D eigenvalue weighted by molar-refractivity contribution is 5.95. The van der Waals surface area contributed by atoms with Crippen molar-refractivity contribution in [2.75, 3.05) is 19.6 Å². The smallest absolute Gasteiger partial charge is 0.248 e. The van der Waals surface area contributed by atoms with Crippen molar-refractivity contribution in [1.82, 2.24) is 36.4 Å². The number of aliphatic hydroxyl groups is 8. The molecule has 0 aromatic heterocycles. The second kappa shape index (κ2) is 29.3. The lowest BCUT2D eigenvalue weighted by molar-refractivity contribution is -0.148. The predicted octanol–water partition coefficient (Wildman–Crippen LogP) is -2.87. The number of aromatic hydroxyl groups is 1. The van der Waals surface area contributed by atoms with Gasteiger partial charge in [0.15, 0.2) is 6.23 Å². The Morgan fingerprint density at radius 2 is 1.38 bits per heavy atom. The van der Waals surface area contributed by atoms with Gasteiger partial charge in [-0.2, -0.15) is 0 Å². The Morgan fingerprint density at radius 1 is 0.757 bits per heavy atom. The van der Waals surface area contributed by atoms with Crippen LogP contribution in [0.2, 0.25) is 0 Å². The summed E-state index contributed by atoms with van der Waals surface area (Å²) < 4.78 is 0. The van der Waals surface area contributed by atoms with Crippen LogP contribution in [0.3, 0.4) is 0 Å². The van der Waals surface area contributed by atoms with Crippen LogP contribution >= 0.6 is 0 Å². The number of hydrogen-bond acceptors (Lipinski definition) is 17. The van der Waals surface area contributed by atoms with E-state index in [1.54, 1.807) is 0 Å². The molecule has 0 bridgehead atoms. The predicted molar refractivity (Wildman–Crippen MR) is 265 cm³/mol. The molecule has 3 aliphatic heterocycles. The van der Waals surface area contributed by atoms with Crippen molar-refractivity contribution in [3.63, 3.8) is 0 Å². The number of nitrogens with two attached hydrogens (primary N) is 1. The fourth-order valence-corrected chi connectivity index (χ4v) is 9.92. The summed E-state index contributed by atoms with van der Waals surface area (Å²) in [5.41, 5.74) is 5.35. The first-order valence-electron chi connectivity index (χ1n) is 26.0. The maximum absolute atomic E-state index is 14.4. The van der Waals surface area contributed by atoms with Crippen molar-refractivity contribution >= 4 is 41.4 Å². The second-order valence-electron chi connectivity index (χ2n) is 20.6. The molecule has 0 radical (unpaired) electrons. The number of benzene rings is 1. The normalized spacial score (nSPS) is 29.3. The van der Waals surface area contributed by atoms with Crippen LogP contribution in [0.25, 0.3) is 0 Å².